The molecule has 1 aromatic heterocycles. The van der Waals surface area contributed by atoms with E-state index in [9.17, 15) is 19.2 Å². The van der Waals surface area contributed by atoms with E-state index in [1.807, 2.05) is 0 Å². The van der Waals surface area contributed by atoms with Gasteiger partial charge in [-0.25, -0.2) is 9.89 Å². The molecule has 3 rings (SSSR count). The average molecular weight is 422 g/mol. The molecular formula is C21H18N4O6. The van der Waals surface area contributed by atoms with E-state index in [1.165, 1.54) is 36.4 Å². The summed E-state index contributed by atoms with van der Waals surface area (Å²) in [6.07, 6.45) is -0.823. The van der Waals surface area contributed by atoms with Crippen LogP contribution in [-0.4, -0.2) is 34.8 Å². The highest BCUT2D eigenvalue weighted by Gasteiger charge is 2.11. The van der Waals surface area contributed by atoms with Gasteiger partial charge in [0.1, 0.15) is 11.4 Å². The molecule has 2 aromatic carbocycles. The van der Waals surface area contributed by atoms with Crippen LogP contribution in [0.25, 0.3) is 0 Å². The van der Waals surface area contributed by atoms with Crippen LogP contribution in [0.4, 0.5) is 16.2 Å². The van der Waals surface area contributed by atoms with Crippen molar-refractivity contribution in [3.63, 3.8) is 0 Å². The van der Waals surface area contributed by atoms with Gasteiger partial charge < -0.3 is 20.1 Å². The molecule has 0 aliphatic heterocycles. The van der Waals surface area contributed by atoms with Crippen molar-refractivity contribution in [2.75, 3.05) is 17.2 Å². The third kappa shape index (κ3) is 6.00. The number of amides is 2. The Balaban J connectivity index is 1.63. The molecule has 31 heavy (non-hydrogen) atoms. The third-order valence-corrected chi connectivity index (χ3v) is 3.87. The van der Waals surface area contributed by atoms with Gasteiger partial charge in [-0.2, -0.15) is 5.10 Å². The van der Waals surface area contributed by atoms with Crippen molar-refractivity contribution in [2.24, 2.45) is 0 Å². The van der Waals surface area contributed by atoms with Crippen LogP contribution in [0, 0.1) is 0 Å². The van der Waals surface area contributed by atoms with Crippen molar-refractivity contribution in [3.05, 3.63) is 82.3 Å². The quantitative estimate of drug-likeness (QED) is 0.410. The minimum Gasteiger partial charge on any atom is -0.434 e. The molecular weight excluding hydrogens is 404 g/mol. The largest absolute Gasteiger partial charge is 0.513 e. The summed E-state index contributed by atoms with van der Waals surface area (Å²) < 4.78 is 9.63. The van der Waals surface area contributed by atoms with Crippen LogP contribution in [0.2, 0.25) is 0 Å². The first kappa shape index (κ1) is 21.2. The maximum Gasteiger partial charge on any atom is 0.513 e. The van der Waals surface area contributed by atoms with Crippen LogP contribution in [0.15, 0.2) is 65.5 Å². The van der Waals surface area contributed by atoms with Gasteiger partial charge in [-0.1, -0.05) is 6.07 Å². The number of H-pyrrole nitrogens is 1. The van der Waals surface area contributed by atoms with Gasteiger partial charge in [0, 0.05) is 23.0 Å². The molecule has 3 N–H and O–H groups in total. The Morgan fingerprint density at radius 1 is 0.935 bits per heavy atom. The van der Waals surface area contributed by atoms with E-state index in [0.717, 1.165) is 0 Å². The smallest absolute Gasteiger partial charge is 0.434 e. The predicted octanol–water partition coefficient (Wildman–Crippen LogP) is 2.81. The second kappa shape index (κ2) is 9.83. The van der Waals surface area contributed by atoms with Crippen molar-refractivity contribution < 1.29 is 23.9 Å². The van der Waals surface area contributed by atoms with E-state index in [4.69, 9.17) is 4.74 Å². The lowest BCUT2D eigenvalue weighted by Crippen LogP contribution is -2.17. The monoisotopic (exact) mass is 422 g/mol. The summed E-state index contributed by atoms with van der Waals surface area (Å²) in [4.78, 5) is 47.0. The number of aromatic amines is 1. The molecule has 1 heterocycles. The van der Waals surface area contributed by atoms with Gasteiger partial charge >= 0.3 is 6.16 Å². The van der Waals surface area contributed by atoms with E-state index < -0.39 is 23.5 Å². The zero-order chi connectivity index (χ0) is 22.2. The van der Waals surface area contributed by atoms with Crippen LogP contribution in [0.1, 0.15) is 27.8 Å². The van der Waals surface area contributed by atoms with Gasteiger partial charge in [0.05, 0.1) is 6.61 Å². The molecule has 0 aliphatic rings. The number of nitrogens with one attached hydrogen (secondary N) is 3. The zero-order valence-electron chi connectivity index (χ0n) is 16.4. The van der Waals surface area contributed by atoms with E-state index in [2.05, 4.69) is 25.6 Å². The van der Waals surface area contributed by atoms with Gasteiger partial charge in [-0.15, -0.1) is 0 Å². The number of rotatable bonds is 6. The van der Waals surface area contributed by atoms with E-state index >= 15 is 0 Å². The first-order valence-electron chi connectivity index (χ1n) is 9.18. The van der Waals surface area contributed by atoms with Crippen LogP contribution < -0.4 is 20.9 Å². The minimum absolute atomic E-state index is 0.0409. The molecule has 158 valence electrons. The molecule has 2 amide bonds. The Hall–Kier alpha value is -4.47. The highest BCUT2D eigenvalue weighted by Crippen LogP contribution is 2.18. The number of carbonyl (C=O) groups is 3. The van der Waals surface area contributed by atoms with Crippen LogP contribution in [0.5, 0.6) is 5.75 Å². The predicted molar refractivity (Wildman–Crippen MR) is 111 cm³/mol. The fourth-order valence-corrected chi connectivity index (χ4v) is 2.46. The van der Waals surface area contributed by atoms with E-state index in [-0.39, 0.29) is 18.1 Å². The van der Waals surface area contributed by atoms with Crippen molar-refractivity contribution in [1.82, 2.24) is 10.2 Å². The van der Waals surface area contributed by atoms with Gasteiger partial charge in [-0.05, 0) is 55.5 Å². The zero-order valence-corrected chi connectivity index (χ0v) is 16.4. The molecule has 0 aliphatic carbocycles. The van der Waals surface area contributed by atoms with Crippen molar-refractivity contribution in [1.29, 1.82) is 0 Å². The molecule has 0 unspecified atom stereocenters. The Kier molecular flexibility index (Phi) is 6.74. The van der Waals surface area contributed by atoms with Gasteiger partial charge in [0.15, 0.2) is 0 Å². The molecule has 0 atom stereocenters. The lowest BCUT2D eigenvalue weighted by atomic mass is 10.2. The molecule has 10 heteroatoms. The van der Waals surface area contributed by atoms with Gasteiger partial charge in [0.2, 0.25) is 0 Å². The summed E-state index contributed by atoms with van der Waals surface area (Å²) in [6, 6.07) is 15.0. The summed E-state index contributed by atoms with van der Waals surface area (Å²) in [7, 11) is 0. The van der Waals surface area contributed by atoms with Gasteiger partial charge in [0.25, 0.3) is 17.4 Å². The van der Waals surface area contributed by atoms with E-state index in [0.29, 0.717) is 16.9 Å². The molecule has 0 fully saturated rings. The van der Waals surface area contributed by atoms with Crippen molar-refractivity contribution >= 4 is 29.3 Å². The molecule has 0 bridgehead atoms. The number of hydrogen-bond acceptors (Lipinski definition) is 7. The third-order valence-electron chi connectivity index (χ3n) is 3.87. The average Bonchev–Trinajstić information content (AvgIpc) is 2.75. The normalized spacial score (nSPS) is 10.1. The highest BCUT2D eigenvalue weighted by molar-refractivity contribution is 6.05. The Bertz CT molecular complexity index is 1140. The second-order valence-electron chi connectivity index (χ2n) is 6.10. The highest BCUT2D eigenvalue weighted by atomic mass is 16.7. The molecule has 0 spiro atoms. The summed E-state index contributed by atoms with van der Waals surface area (Å²) in [5, 5.41) is 11.2. The SMILES string of the molecule is CCOC(=O)Oc1ccc(C(=O)Nc2cccc(NC(=O)c3ccc(=O)[nH]n3)c2)cc1. The first-order valence-corrected chi connectivity index (χ1v) is 9.18. The number of aromatic nitrogens is 2. The Morgan fingerprint density at radius 3 is 2.23 bits per heavy atom. The number of anilines is 2. The standard InChI is InChI=1S/C21H18N4O6/c1-2-30-21(29)31-16-8-6-13(7-9-16)19(27)22-14-4-3-5-15(12-14)23-20(28)17-10-11-18(26)25-24-17/h3-12H,2H2,1H3,(H,22,27)(H,23,28)(H,25,26). The topological polar surface area (TPSA) is 139 Å². The molecule has 10 nitrogen and oxygen atoms in total. The number of nitrogens with zero attached hydrogens (tertiary/aromatic N) is 1. The van der Waals surface area contributed by atoms with Crippen LogP contribution in [0.3, 0.4) is 0 Å². The van der Waals surface area contributed by atoms with Crippen LogP contribution >= 0.6 is 0 Å². The second-order valence-corrected chi connectivity index (χ2v) is 6.10. The maximum atomic E-state index is 12.5. The van der Waals surface area contributed by atoms with E-state index in [1.54, 1.807) is 31.2 Å². The first-order chi connectivity index (χ1) is 14.9. The van der Waals surface area contributed by atoms with Gasteiger partial charge in [-0.3, -0.25) is 14.4 Å². The summed E-state index contributed by atoms with van der Waals surface area (Å²) in [5.41, 5.74) is 0.835. The number of hydrogen-bond donors (Lipinski definition) is 3. The summed E-state index contributed by atoms with van der Waals surface area (Å²) in [5.74, 6) is -0.666. The Morgan fingerprint density at radius 2 is 1.61 bits per heavy atom. The number of benzene rings is 2. The summed E-state index contributed by atoms with van der Waals surface area (Å²) in [6.45, 7) is 1.86. The van der Waals surface area contributed by atoms with Crippen molar-refractivity contribution in [3.8, 4) is 5.75 Å². The maximum absolute atomic E-state index is 12.5. The summed E-state index contributed by atoms with van der Waals surface area (Å²) >= 11 is 0. The van der Waals surface area contributed by atoms with Crippen LogP contribution in [-0.2, 0) is 4.74 Å². The molecule has 3 aromatic rings. The fourth-order valence-electron chi connectivity index (χ4n) is 2.46. The Labute approximate surface area is 176 Å². The lowest BCUT2D eigenvalue weighted by molar-refractivity contribution is 0.101. The van der Waals surface area contributed by atoms with Crippen molar-refractivity contribution in [2.45, 2.75) is 6.92 Å². The number of ether oxygens (including phenoxy) is 2. The molecule has 0 saturated heterocycles. The number of carbonyl (C=O) groups excluding carboxylic acids is 3. The lowest BCUT2D eigenvalue weighted by Gasteiger charge is -2.09. The fraction of sp³-hybridized carbons (Fsp3) is 0.0952. The minimum atomic E-state index is -0.823. The molecule has 0 saturated carbocycles. The molecule has 0 radical (unpaired) electrons.